The van der Waals surface area contributed by atoms with Crippen LogP contribution < -0.4 is 5.32 Å². The van der Waals surface area contributed by atoms with Gasteiger partial charge in [-0.2, -0.15) is 17.9 Å². The van der Waals surface area contributed by atoms with Crippen LogP contribution in [0.15, 0.2) is 108 Å². The number of likely N-dealkylation sites (tertiary alicyclic amines) is 1. The van der Waals surface area contributed by atoms with Crippen LogP contribution in [-0.4, -0.2) is 72.6 Å². The fourth-order valence-corrected chi connectivity index (χ4v) is 8.04. The van der Waals surface area contributed by atoms with E-state index in [2.05, 4.69) is 27.8 Å². The van der Waals surface area contributed by atoms with Crippen molar-refractivity contribution in [1.29, 1.82) is 0 Å². The van der Waals surface area contributed by atoms with E-state index in [-0.39, 0.29) is 44.2 Å². The summed E-state index contributed by atoms with van der Waals surface area (Å²) < 4.78 is 54.4. The molecule has 5 atom stereocenters. The molecule has 2 amide bonds. The number of thioether (sulfide) groups is 1. The maximum absolute atomic E-state index is 13.1. The van der Waals surface area contributed by atoms with Crippen LogP contribution in [0, 0.1) is 5.92 Å². The Morgan fingerprint density at radius 2 is 1.64 bits per heavy atom. The van der Waals surface area contributed by atoms with Crippen LogP contribution in [0.4, 0.5) is 13.2 Å². The number of amides is 2. The zero-order valence-electron chi connectivity index (χ0n) is 29.8. The molecule has 2 aliphatic rings. The fourth-order valence-electron chi connectivity index (χ4n) is 6.99. The molecule has 3 heterocycles. The number of aliphatic hydroxyl groups excluding tert-OH is 1. The Bertz CT molecular complexity index is 2080. The zero-order chi connectivity index (χ0) is 38.5. The molecule has 286 valence electrons. The highest BCUT2D eigenvalue weighted by molar-refractivity contribution is 7.99. The zero-order valence-corrected chi connectivity index (χ0v) is 30.6. The molecule has 0 unspecified atom stereocenters. The summed E-state index contributed by atoms with van der Waals surface area (Å²) in [6.45, 7) is 1.98. The second-order valence-electron chi connectivity index (χ2n) is 13.5. The summed E-state index contributed by atoms with van der Waals surface area (Å²) in [4.78, 5) is 25.5. The van der Waals surface area contributed by atoms with Crippen LogP contribution in [-0.2, 0) is 32.2 Å². The second-order valence-corrected chi connectivity index (χ2v) is 14.5. The third kappa shape index (κ3) is 8.59. The van der Waals surface area contributed by atoms with Gasteiger partial charge in [0.05, 0.1) is 24.5 Å². The van der Waals surface area contributed by atoms with Crippen molar-refractivity contribution < 1.29 is 37.3 Å². The number of carbonyl (C=O) groups excluding carboxylic acids is 2. The van der Waals surface area contributed by atoms with Crippen molar-refractivity contribution >= 4 is 23.6 Å². The van der Waals surface area contributed by atoms with Gasteiger partial charge < -0.3 is 24.8 Å². The molecule has 2 saturated heterocycles. The molecule has 11 nitrogen and oxygen atoms in total. The number of aliphatic hydroxyl groups is 1. The minimum Gasteiger partial charge on any atom is -0.392 e. The van der Waals surface area contributed by atoms with E-state index in [0.29, 0.717) is 22.2 Å². The molecular weight excluding hydrogens is 734 g/mol. The highest BCUT2D eigenvalue weighted by Gasteiger charge is 2.47. The van der Waals surface area contributed by atoms with E-state index in [0.717, 1.165) is 39.1 Å². The quantitative estimate of drug-likeness (QED) is 0.143. The van der Waals surface area contributed by atoms with E-state index in [1.807, 2.05) is 103 Å². The average Bonchev–Trinajstić information content (AvgIpc) is 3.90. The first kappa shape index (κ1) is 38.2. The number of hydrogen-bond donors (Lipinski definition) is 2. The van der Waals surface area contributed by atoms with Crippen molar-refractivity contribution in [1.82, 2.24) is 30.4 Å². The highest BCUT2D eigenvalue weighted by atomic mass is 32.2. The van der Waals surface area contributed by atoms with E-state index in [1.165, 1.54) is 11.8 Å². The summed E-state index contributed by atoms with van der Waals surface area (Å²) in [6.07, 6.45) is -5.86. The Kier molecular flexibility index (Phi) is 11.6. The predicted octanol–water partition coefficient (Wildman–Crippen LogP) is 6.57. The minimum absolute atomic E-state index is 0.0611. The van der Waals surface area contributed by atoms with E-state index >= 15 is 0 Å². The van der Waals surface area contributed by atoms with Gasteiger partial charge in [-0.15, -0.1) is 5.10 Å². The number of para-hydroxylation sites is 1. The minimum atomic E-state index is -5.04. The van der Waals surface area contributed by atoms with Crippen LogP contribution in [0.25, 0.3) is 16.8 Å². The molecule has 4 aromatic carbocycles. The largest absolute Gasteiger partial charge is 0.471 e. The summed E-state index contributed by atoms with van der Waals surface area (Å²) >= 11 is 1.49. The lowest BCUT2D eigenvalue weighted by Crippen LogP contribution is -2.50. The first-order valence-electron chi connectivity index (χ1n) is 17.9. The second kappa shape index (κ2) is 16.7. The molecule has 1 aromatic heterocycles. The Labute approximate surface area is 319 Å². The van der Waals surface area contributed by atoms with Gasteiger partial charge in [0.15, 0.2) is 6.29 Å². The fraction of sp³-hybridized carbons (Fsp3) is 0.325. The molecule has 0 saturated carbocycles. The van der Waals surface area contributed by atoms with Gasteiger partial charge in [-0.1, -0.05) is 110 Å². The van der Waals surface area contributed by atoms with Gasteiger partial charge in [0, 0.05) is 30.3 Å². The Morgan fingerprint density at radius 3 is 2.36 bits per heavy atom. The molecule has 5 aromatic rings. The topological polar surface area (TPSA) is 132 Å². The summed E-state index contributed by atoms with van der Waals surface area (Å²) in [7, 11) is 0. The SMILES string of the molecule is C[C@@H]1[C@H](CSc2nnnn2-c2ccccc2)O[C@H](c2ccc(-c3ccccc3CNC(=O)[C@@H]3CCCN3C(=O)C(F)(F)F)cc2)O[C@@H]1c1ccc(CO)cc1. The summed E-state index contributed by atoms with van der Waals surface area (Å²) in [5, 5.41) is 25.3. The monoisotopic (exact) mass is 772 g/mol. The molecule has 2 fully saturated rings. The number of hydrogen-bond acceptors (Lipinski definition) is 9. The first-order valence-corrected chi connectivity index (χ1v) is 18.9. The number of ether oxygens (including phenoxy) is 2. The summed E-state index contributed by atoms with van der Waals surface area (Å²) in [6, 6.07) is 31.3. The molecular formula is C40H39F3N6O5S. The molecule has 0 spiro atoms. The lowest BCUT2D eigenvalue weighted by molar-refractivity contribution is -0.268. The first-order chi connectivity index (χ1) is 26.6. The number of nitrogens with zero attached hydrogens (tertiary/aromatic N) is 5. The average molecular weight is 773 g/mol. The number of tetrazole rings is 1. The third-order valence-corrected chi connectivity index (χ3v) is 11.0. The van der Waals surface area contributed by atoms with Gasteiger partial charge >= 0.3 is 12.1 Å². The molecule has 2 N–H and O–H groups in total. The Hall–Kier alpha value is -5.09. The standard InChI is InChI=1S/C40H39F3N6O5S/c1-25-34(24-55-39-45-46-47-49(39)31-9-3-2-4-10-31)53-37(54-35(25)28-15-13-26(23-50)14-16-28)29-19-17-27(18-20-29)32-11-6-5-8-30(32)22-44-36(51)33-12-7-21-48(33)38(52)40(41,42)43/h2-6,8-11,13-20,25,33-35,37,50H,7,12,21-24H2,1H3,(H,44,51)/t25-,33+,34+,35+,37+/m1/s1. The van der Waals surface area contributed by atoms with Crippen LogP contribution in [0.1, 0.15) is 54.4 Å². The van der Waals surface area contributed by atoms with E-state index in [4.69, 9.17) is 9.47 Å². The van der Waals surface area contributed by atoms with E-state index in [1.54, 1.807) is 4.68 Å². The van der Waals surface area contributed by atoms with Crippen molar-refractivity contribution in [3.8, 4) is 16.8 Å². The number of aromatic nitrogens is 4. The van der Waals surface area contributed by atoms with Gasteiger partial charge in [-0.05, 0) is 63.2 Å². The summed E-state index contributed by atoms with van der Waals surface area (Å²) in [5.74, 6) is -2.13. The molecule has 0 aliphatic carbocycles. The van der Waals surface area contributed by atoms with Gasteiger partial charge in [0.1, 0.15) is 6.04 Å². The predicted molar refractivity (Wildman–Crippen MR) is 197 cm³/mol. The molecule has 2 aliphatic heterocycles. The number of carbonyl (C=O) groups is 2. The van der Waals surface area contributed by atoms with Crippen LogP contribution >= 0.6 is 11.8 Å². The van der Waals surface area contributed by atoms with Crippen molar-refractivity contribution in [3.63, 3.8) is 0 Å². The highest BCUT2D eigenvalue weighted by Crippen LogP contribution is 2.43. The summed E-state index contributed by atoms with van der Waals surface area (Å²) in [5.41, 5.74) is 5.83. The van der Waals surface area contributed by atoms with Gasteiger partial charge in [0.2, 0.25) is 11.1 Å². The van der Waals surface area contributed by atoms with Gasteiger partial charge in [0.25, 0.3) is 0 Å². The van der Waals surface area contributed by atoms with Crippen molar-refractivity contribution in [2.45, 2.75) is 68.8 Å². The number of benzene rings is 4. The number of nitrogens with one attached hydrogen (secondary N) is 1. The molecule has 0 bridgehead atoms. The number of rotatable bonds is 11. The van der Waals surface area contributed by atoms with E-state index in [9.17, 15) is 27.9 Å². The smallest absolute Gasteiger partial charge is 0.392 e. The van der Waals surface area contributed by atoms with Crippen molar-refractivity contribution in [2.24, 2.45) is 5.92 Å². The number of alkyl halides is 3. The van der Waals surface area contributed by atoms with Crippen molar-refractivity contribution in [2.75, 3.05) is 12.3 Å². The molecule has 55 heavy (non-hydrogen) atoms. The van der Waals surface area contributed by atoms with Gasteiger partial charge in [-0.25, -0.2) is 0 Å². The molecule has 15 heteroatoms. The van der Waals surface area contributed by atoms with Crippen LogP contribution in [0.2, 0.25) is 0 Å². The maximum Gasteiger partial charge on any atom is 0.471 e. The molecule has 0 radical (unpaired) electrons. The lowest BCUT2D eigenvalue weighted by Gasteiger charge is -2.41. The normalized spacial score (nSPS) is 21.4. The maximum atomic E-state index is 13.1. The van der Waals surface area contributed by atoms with Crippen LogP contribution in [0.5, 0.6) is 0 Å². The third-order valence-electron chi connectivity index (χ3n) is 9.96. The lowest BCUT2D eigenvalue weighted by atomic mass is 9.91. The van der Waals surface area contributed by atoms with E-state index < -0.39 is 30.3 Å². The van der Waals surface area contributed by atoms with Crippen molar-refractivity contribution in [3.05, 3.63) is 125 Å². The number of halogens is 3. The molecule has 7 rings (SSSR count). The van der Waals surface area contributed by atoms with Gasteiger partial charge in [-0.3, -0.25) is 9.59 Å². The Morgan fingerprint density at radius 1 is 0.927 bits per heavy atom. The Balaban J connectivity index is 1.08. The van der Waals surface area contributed by atoms with Crippen LogP contribution in [0.3, 0.4) is 0 Å².